The van der Waals surface area contributed by atoms with E-state index < -0.39 is 4.92 Å². The summed E-state index contributed by atoms with van der Waals surface area (Å²) in [6.45, 7) is 0. The lowest BCUT2D eigenvalue weighted by Crippen LogP contribution is -1.91. The highest BCUT2D eigenvalue weighted by atomic mass is 127. The summed E-state index contributed by atoms with van der Waals surface area (Å²) >= 11 is 2.18. The zero-order chi connectivity index (χ0) is 14.1. The molecule has 8 heteroatoms. The summed E-state index contributed by atoms with van der Waals surface area (Å²) in [5, 5.41) is 18.1. The van der Waals surface area contributed by atoms with Gasteiger partial charge in [0.05, 0.1) is 4.92 Å². The maximum atomic E-state index is 10.9. The number of fused-ring (bicyclic) bond motifs is 1. The van der Waals surface area contributed by atoms with Crippen LogP contribution in [-0.4, -0.2) is 15.2 Å². The molecule has 100 valence electrons. The topological polar surface area (TPSA) is 91.3 Å². The molecule has 1 heterocycles. The second-order valence-electron chi connectivity index (χ2n) is 3.86. The van der Waals surface area contributed by atoms with Crippen molar-refractivity contribution < 1.29 is 14.3 Å². The van der Waals surface area contributed by atoms with Crippen molar-refractivity contribution >= 4 is 39.3 Å². The molecule has 7 nitrogen and oxygen atoms in total. The van der Waals surface area contributed by atoms with Crippen LogP contribution in [0.15, 0.2) is 41.0 Å². The van der Waals surface area contributed by atoms with Crippen LogP contribution in [0.3, 0.4) is 0 Å². The molecule has 0 saturated heterocycles. The second kappa shape index (κ2) is 5.04. The van der Waals surface area contributed by atoms with Crippen LogP contribution in [0, 0.1) is 13.7 Å². The van der Waals surface area contributed by atoms with Gasteiger partial charge >= 0.3 is 5.69 Å². The summed E-state index contributed by atoms with van der Waals surface area (Å²) in [6.07, 6.45) is 0. The molecular formula is C12H6IN3O4. The van der Waals surface area contributed by atoms with Gasteiger partial charge in [0.1, 0.15) is 5.75 Å². The smallest absolute Gasteiger partial charge is 0.301 e. The SMILES string of the molecule is O=[N+]([O-])c1ccc(Oc2ccc(I)cc2)c2nonc12. The molecule has 1 aromatic heterocycles. The van der Waals surface area contributed by atoms with Crippen molar-refractivity contribution in [1.82, 2.24) is 10.3 Å². The standard InChI is InChI=1S/C12H6IN3O4/c13-7-1-3-8(4-2-7)19-10-6-5-9(16(17)18)11-12(10)15-20-14-11/h1-6H. The van der Waals surface area contributed by atoms with Crippen LogP contribution < -0.4 is 4.74 Å². The minimum absolute atomic E-state index is 0.0676. The lowest BCUT2D eigenvalue weighted by atomic mass is 10.2. The summed E-state index contributed by atoms with van der Waals surface area (Å²) in [5.41, 5.74) is 0.118. The average molecular weight is 383 g/mol. The van der Waals surface area contributed by atoms with Crippen molar-refractivity contribution in [3.63, 3.8) is 0 Å². The molecule has 0 aliphatic heterocycles. The highest BCUT2D eigenvalue weighted by Gasteiger charge is 2.20. The molecule has 3 aromatic rings. The van der Waals surface area contributed by atoms with Crippen LogP contribution >= 0.6 is 22.6 Å². The van der Waals surface area contributed by atoms with E-state index in [1.807, 2.05) is 12.1 Å². The van der Waals surface area contributed by atoms with E-state index in [2.05, 4.69) is 37.5 Å². The third kappa shape index (κ3) is 2.29. The van der Waals surface area contributed by atoms with E-state index in [0.29, 0.717) is 11.5 Å². The molecular weight excluding hydrogens is 377 g/mol. The summed E-state index contributed by atoms with van der Waals surface area (Å²) < 4.78 is 11.3. The molecule has 0 spiro atoms. The fraction of sp³-hybridized carbons (Fsp3) is 0. The minimum atomic E-state index is -0.540. The molecule has 0 aliphatic rings. The van der Waals surface area contributed by atoms with E-state index in [9.17, 15) is 10.1 Å². The van der Waals surface area contributed by atoms with Crippen molar-refractivity contribution in [1.29, 1.82) is 0 Å². The third-order valence-corrected chi connectivity index (χ3v) is 3.31. The van der Waals surface area contributed by atoms with Gasteiger partial charge in [-0.25, -0.2) is 4.63 Å². The average Bonchev–Trinajstić information content (AvgIpc) is 2.91. The molecule has 0 bridgehead atoms. The first-order chi connectivity index (χ1) is 9.65. The van der Waals surface area contributed by atoms with Crippen molar-refractivity contribution in [2.24, 2.45) is 0 Å². The summed E-state index contributed by atoms with van der Waals surface area (Å²) in [5.74, 6) is 0.955. The third-order valence-electron chi connectivity index (χ3n) is 2.60. The largest absolute Gasteiger partial charge is 0.455 e. The van der Waals surface area contributed by atoms with Crippen LogP contribution in [0.2, 0.25) is 0 Å². The number of hydrogen-bond donors (Lipinski definition) is 0. The molecule has 0 unspecified atom stereocenters. The normalized spacial score (nSPS) is 10.7. The first kappa shape index (κ1) is 12.8. The fourth-order valence-corrected chi connectivity index (χ4v) is 2.05. The summed E-state index contributed by atoms with van der Waals surface area (Å²) in [4.78, 5) is 10.3. The van der Waals surface area contributed by atoms with Gasteiger partial charge in [-0.3, -0.25) is 10.1 Å². The predicted octanol–water partition coefficient (Wildman–Crippen LogP) is 3.53. The van der Waals surface area contributed by atoms with Gasteiger partial charge in [-0.05, 0) is 63.2 Å². The van der Waals surface area contributed by atoms with Crippen molar-refractivity contribution in [2.45, 2.75) is 0 Å². The number of halogens is 1. The van der Waals surface area contributed by atoms with Gasteiger partial charge < -0.3 is 4.74 Å². The Morgan fingerprint density at radius 3 is 2.50 bits per heavy atom. The molecule has 2 aromatic carbocycles. The van der Waals surface area contributed by atoms with E-state index in [-0.39, 0.29) is 16.7 Å². The molecule has 0 atom stereocenters. The molecule has 0 saturated carbocycles. The van der Waals surface area contributed by atoms with Gasteiger partial charge in [-0.15, -0.1) is 0 Å². The molecule has 20 heavy (non-hydrogen) atoms. The molecule has 0 amide bonds. The van der Waals surface area contributed by atoms with Gasteiger partial charge in [0, 0.05) is 9.64 Å². The molecule has 3 rings (SSSR count). The van der Waals surface area contributed by atoms with Crippen molar-refractivity contribution in [3.8, 4) is 11.5 Å². The number of aromatic nitrogens is 2. The first-order valence-electron chi connectivity index (χ1n) is 5.48. The quantitative estimate of drug-likeness (QED) is 0.391. The summed E-state index contributed by atoms with van der Waals surface area (Å²) in [7, 11) is 0. The zero-order valence-electron chi connectivity index (χ0n) is 9.82. The number of nitro benzene ring substituents is 1. The van der Waals surface area contributed by atoms with E-state index >= 15 is 0 Å². The van der Waals surface area contributed by atoms with Gasteiger partial charge in [-0.1, -0.05) is 0 Å². The first-order valence-corrected chi connectivity index (χ1v) is 6.56. The number of nitrogens with zero attached hydrogens (tertiary/aromatic N) is 3. The number of non-ortho nitro benzene ring substituents is 1. The number of ether oxygens (including phenoxy) is 1. The lowest BCUT2D eigenvalue weighted by Gasteiger charge is -2.05. The van der Waals surface area contributed by atoms with Crippen LogP contribution in [0.1, 0.15) is 0 Å². The molecule has 0 N–H and O–H groups in total. The van der Waals surface area contributed by atoms with Crippen LogP contribution in [0.5, 0.6) is 11.5 Å². The predicted molar refractivity (Wildman–Crippen MR) is 77.7 cm³/mol. The Hall–Kier alpha value is -2.23. The maximum Gasteiger partial charge on any atom is 0.301 e. The Bertz CT molecular complexity index is 785. The zero-order valence-corrected chi connectivity index (χ0v) is 12.0. The molecule has 0 aliphatic carbocycles. The molecule has 0 fully saturated rings. The van der Waals surface area contributed by atoms with Gasteiger partial charge in [-0.2, -0.15) is 0 Å². The Morgan fingerprint density at radius 2 is 1.80 bits per heavy atom. The van der Waals surface area contributed by atoms with E-state index in [0.717, 1.165) is 3.57 Å². The number of rotatable bonds is 3. The number of benzene rings is 2. The van der Waals surface area contributed by atoms with Crippen molar-refractivity contribution in [2.75, 3.05) is 0 Å². The van der Waals surface area contributed by atoms with Gasteiger partial charge in [0.15, 0.2) is 11.3 Å². The van der Waals surface area contributed by atoms with E-state index in [4.69, 9.17) is 4.74 Å². The lowest BCUT2D eigenvalue weighted by molar-refractivity contribution is -0.383. The number of hydrogen-bond acceptors (Lipinski definition) is 6. The highest BCUT2D eigenvalue weighted by Crippen LogP contribution is 2.33. The molecule has 0 radical (unpaired) electrons. The van der Waals surface area contributed by atoms with Crippen LogP contribution in [0.25, 0.3) is 11.0 Å². The Kier molecular flexibility index (Phi) is 3.22. The number of nitro groups is 1. The Labute approximate surface area is 125 Å². The van der Waals surface area contributed by atoms with Crippen molar-refractivity contribution in [3.05, 3.63) is 50.1 Å². The Balaban J connectivity index is 2.04. The van der Waals surface area contributed by atoms with Gasteiger partial charge in [0.25, 0.3) is 0 Å². The van der Waals surface area contributed by atoms with Crippen LogP contribution in [0.4, 0.5) is 5.69 Å². The monoisotopic (exact) mass is 383 g/mol. The summed E-state index contributed by atoms with van der Waals surface area (Å²) in [6, 6.07) is 10.2. The highest BCUT2D eigenvalue weighted by molar-refractivity contribution is 14.1. The van der Waals surface area contributed by atoms with Crippen LogP contribution in [-0.2, 0) is 0 Å². The fourth-order valence-electron chi connectivity index (χ4n) is 1.69. The van der Waals surface area contributed by atoms with Gasteiger partial charge in [0.2, 0.25) is 5.52 Å². The maximum absolute atomic E-state index is 10.9. The second-order valence-corrected chi connectivity index (χ2v) is 5.10. The van der Waals surface area contributed by atoms with E-state index in [1.54, 1.807) is 12.1 Å². The minimum Gasteiger partial charge on any atom is -0.455 e. The van der Waals surface area contributed by atoms with E-state index in [1.165, 1.54) is 12.1 Å². The Morgan fingerprint density at radius 1 is 1.10 bits per heavy atom.